The average molecular weight is 336 g/mol. The van der Waals surface area contributed by atoms with Gasteiger partial charge >= 0.3 is 0 Å². The van der Waals surface area contributed by atoms with E-state index in [1.54, 1.807) is 25.1 Å². The van der Waals surface area contributed by atoms with Crippen LogP contribution in [0.15, 0.2) is 60.7 Å². The number of hydrogen-bond acceptors (Lipinski definition) is 4. The van der Waals surface area contributed by atoms with Crippen LogP contribution in [0.25, 0.3) is 10.9 Å². The van der Waals surface area contributed by atoms with Gasteiger partial charge in [-0.25, -0.2) is 4.98 Å². The van der Waals surface area contributed by atoms with Crippen molar-refractivity contribution in [3.63, 3.8) is 0 Å². The van der Waals surface area contributed by atoms with E-state index in [4.69, 9.17) is 9.47 Å². The molecule has 2 aromatic carbocycles. The number of carbonyl (C=O) groups is 1. The minimum atomic E-state index is -0.130. The van der Waals surface area contributed by atoms with Gasteiger partial charge in [0.05, 0.1) is 19.2 Å². The standard InChI is InChI=1S/C20H20N2O3/c1-22(12-13-25-16-6-4-3-5-7-16)20(23)19-10-8-15-14-17(24-2)9-11-18(15)21-19/h3-11,14H,12-13H2,1-2H3. The van der Waals surface area contributed by atoms with E-state index in [1.165, 1.54) is 0 Å². The lowest BCUT2D eigenvalue weighted by Crippen LogP contribution is -2.31. The summed E-state index contributed by atoms with van der Waals surface area (Å²) in [5.41, 5.74) is 1.18. The number of amides is 1. The number of fused-ring (bicyclic) bond motifs is 1. The molecule has 0 saturated heterocycles. The van der Waals surface area contributed by atoms with E-state index in [0.717, 1.165) is 22.4 Å². The summed E-state index contributed by atoms with van der Waals surface area (Å²) in [5.74, 6) is 1.43. The predicted molar refractivity (Wildman–Crippen MR) is 97.2 cm³/mol. The zero-order chi connectivity index (χ0) is 17.6. The Hall–Kier alpha value is -3.08. The zero-order valence-corrected chi connectivity index (χ0v) is 14.3. The first-order valence-electron chi connectivity index (χ1n) is 8.05. The number of hydrogen-bond donors (Lipinski definition) is 0. The maximum Gasteiger partial charge on any atom is 0.272 e. The van der Waals surface area contributed by atoms with Gasteiger partial charge < -0.3 is 14.4 Å². The quantitative estimate of drug-likeness (QED) is 0.692. The Kier molecular flexibility index (Phi) is 5.14. The van der Waals surface area contributed by atoms with Crippen molar-refractivity contribution in [2.24, 2.45) is 0 Å². The molecular formula is C20H20N2O3. The highest BCUT2D eigenvalue weighted by Gasteiger charge is 2.14. The molecule has 0 fully saturated rings. The van der Waals surface area contributed by atoms with Crippen LogP contribution in [0.4, 0.5) is 0 Å². The Bertz CT molecular complexity index is 865. The molecule has 0 aliphatic carbocycles. The molecule has 1 aromatic heterocycles. The molecule has 1 heterocycles. The highest BCUT2D eigenvalue weighted by molar-refractivity contribution is 5.94. The van der Waals surface area contributed by atoms with Gasteiger partial charge in [-0.15, -0.1) is 0 Å². The molecule has 5 nitrogen and oxygen atoms in total. The molecule has 0 atom stereocenters. The maximum absolute atomic E-state index is 12.5. The normalized spacial score (nSPS) is 10.5. The van der Waals surface area contributed by atoms with Crippen molar-refractivity contribution in [1.29, 1.82) is 0 Å². The molecule has 0 radical (unpaired) electrons. The van der Waals surface area contributed by atoms with Gasteiger partial charge in [0.25, 0.3) is 5.91 Å². The molecule has 128 valence electrons. The predicted octanol–water partition coefficient (Wildman–Crippen LogP) is 3.39. The van der Waals surface area contributed by atoms with Crippen molar-refractivity contribution in [3.05, 3.63) is 66.4 Å². The van der Waals surface area contributed by atoms with E-state index in [9.17, 15) is 4.79 Å². The Morgan fingerprint density at radius 1 is 1.04 bits per heavy atom. The molecule has 3 rings (SSSR count). The van der Waals surface area contributed by atoms with E-state index in [0.29, 0.717) is 18.8 Å². The van der Waals surface area contributed by atoms with Crippen LogP contribution in [0.1, 0.15) is 10.5 Å². The van der Waals surface area contributed by atoms with Crippen LogP contribution in [-0.4, -0.2) is 43.1 Å². The Morgan fingerprint density at radius 2 is 1.84 bits per heavy atom. The highest BCUT2D eigenvalue weighted by Crippen LogP contribution is 2.20. The molecule has 0 aliphatic heterocycles. The Labute approximate surface area is 146 Å². The fourth-order valence-corrected chi connectivity index (χ4v) is 2.46. The van der Waals surface area contributed by atoms with Crippen LogP contribution in [0.2, 0.25) is 0 Å². The number of rotatable bonds is 6. The summed E-state index contributed by atoms with van der Waals surface area (Å²) in [6.07, 6.45) is 0. The van der Waals surface area contributed by atoms with Gasteiger partial charge in [-0.2, -0.15) is 0 Å². The van der Waals surface area contributed by atoms with Crippen molar-refractivity contribution in [3.8, 4) is 11.5 Å². The molecule has 0 saturated carbocycles. The molecule has 0 bridgehead atoms. The molecule has 0 spiro atoms. The van der Waals surface area contributed by atoms with Crippen LogP contribution in [0.3, 0.4) is 0 Å². The van der Waals surface area contributed by atoms with E-state index in [2.05, 4.69) is 4.98 Å². The van der Waals surface area contributed by atoms with Gasteiger partial charge in [0.2, 0.25) is 0 Å². The van der Waals surface area contributed by atoms with Crippen molar-refractivity contribution in [2.45, 2.75) is 0 Å². The second-order valence-electron chi connectivity index (χ2n) is 5.64. The van der Waals surface area contributed by atoms with Gasteiger partial charge in [0, 0.05) is 12.4 Å². The topological polar surface area (TPSA) is 51.7 Å². The number of aromatic nitrogens is 1. The van der Waals surface area contributed by atoms with Crippen LogP contribution in [0.5, 0.6) is 11.5 Å². The molecule has 5 heteroatoms. The van der Waals surface area contributed by atoms with E-state index < -0.39 is 0 Å². The third kappa shape index (κ3) is 4.07. The number of likely N-dealkylation sites (N-methyl/N-ethyl adjacent to an activating group) is 1. The van der Waals surface area contributed by atoms with Crippen molar-refractivity contribution in [2.75, 3.05) is 27.3 Å². The SMILES string of the molecule is COc1ccc2nc(C(=O)N(C)CCOc3ccccc3)ccc2c1. The van der Waals surface area contributed by atoms with E-state index in [1.807, 2.05) is 54.6 Å². The van der Waals surface area contributed by atoms with Crippen LogP contribution in [-0.2, 0) is 0 Å². The fraction of sp³-hybridized carbons (Fsp3) is 0.200. The number of methoxy groups -OCH3 is 1. The zero-order valence-electron chi connectivity index (χ0n) is 14.3. The fourth-order valence-electron chi connectivity index (χ4n) is 2.46. The lowest BCUT2D eigenvalue weighted by atomic mass is 10.2. The average Bonchev–Trinajstić information content (AvgIpc) is 2.67. The lowest BCUT2D eigenvalue weighted by molar-refractivity contribution is 0.0768. The number of para-hydroxylation sites is 1. The van der Waals surface area contributed by atoms with E-state index >= 15 is 0 Å². The maximum atomic E-state index is 12.5. The first kappa shape index (κ1) is 16.8. The summed E-state index contributed by atoms with van der Waals surface area (Å²) in [5, 5.41) is 0.936. The number of nitrogens with zero attached hydrogens (tertiary/aromatic N) is 2. The highest BCUT2D eigenvalue weighted by atomic mass is 16.5. The van der Waals surface area contributed by atoms with Gasteiger partial charge in [-0.05, 0) is 36.4 Å². The van der Waals surface area contributed by atoms with Gasteiger partial charge in [0.15, 0.2) is 0 Å². The third-order valence-corrected chi connectivity index (χ3v) is 3.90. The second kappa shape index (κ2) is 7.66. The van der Waals surface area contributed by atoms with Gasteiger partial charge in [-0.3, -0.25) is 4.79 Å². The van der Waals surface area contributed by atoms with Crippen LogP contribution >= 0.6 is 0 Å². The largest absolute Gasteiger partial charge is 0.497 e. The van der Waals surface area contributed by atoms with E-state index in [-0.39, 0.29) is 5.91 Å². The van der Waals surface area contributed by atoms with Crippen molar-refractivity contribution >= 4 is 16.8 Å². The number of ether oxygens (including phenoxy) is 2. The van der Waals surface area contributed by atoms with Crippen LogP contribution in [0, 0.1) is 0 Å². The second-order valence-corrected chi connectivity index (χ2v) is 5.64. The molecular weight excluding hydrogens is 316 g/mol. The summed E-state index contributed by atoms with van der Waals surface area (Å²) in [7, 11) is 3.37. The minimum absolute atomic E-state index is 0.130. The van der Waals surface area contributed by atoms with Crippen molar-refractivity contribution < 1.29 is 14.3 Å². The molecule has 0 aliphatic rings. The van der Waals surface area contributed by atoms with Crippen molar-refractivity contribution in [1.82, 2.24) is 9.88 Å². The Balaban J connectivity index is 1.64. The third-order valence-electron chi connectivity index (χ3n) is 3.90. The van der Waals surface area contributed by atoms with Crippen LogP contribution < -0.4 is 9.47 Å². The summed E-state index contributed by atoms with van der Waals surface area (Å²) in [4.78, 5) is 18.6. The number of carbonyl (C=O) groups excluding carboxylic acids is 1. The summed E-state index contributed by atoms with van der Waals surface area (Å²) in [6, 6.07) is 18.7. The smallest absolute Gasteiger partial charge is 0.272 e. The van der Waals surface area contributed by atoms with Gasteiger partial charge in [0.1, 0.15) is 23.8 Å². The Morgan fingerprint density at radius 3 is 2.60 bits per heavy atom. The summed E-state index contributed by atoms with van der Waals surface area (Å²) < 4.78 is 10.8. The number of pyridine rings is 1. The lowest BCUT2D eigenvalue weighted by Gasteiger charge is -2.17. The minimum Gasteiger partial charge on any atom is -0.497 e. The molecule has 0 N–H and O–H groups in total. The molecule has 3 aromatic rings. The number of benzene rings is 2. The summed E-state index contributed by atoms with van der Waals surface area (Å²) >= 11 is 0. The summed E-state index contributed by atoms with van der Waals surface area (Å²) in [6.45, 7) is 0.910. The molecule has 1 amide bonds. The first-order chi connectivity index (χ1) is 12.2. The molecule has 0 unspecified atom stereocenters. The molecule has 25 heavy (non-hydrogen) atoms. The first-order valence-corrected chi connectivity index (χ1v) is 8.05. The monoisotopic (exact) mass is 336 g/mol. The van der Waals surface area contributed by atoms with Gasteiger partial charge in [-0.1, -0.05) is 24.3 Å².